The number of halogens is 1. The minimum atomic E-state index is -0.503. The topological polar surface area (TPSA) is 85.3 Å². The standard InChI is InChI=1S/C11H12N2O3.ClH/c1-15-11(14)9-3-2-8(7-13)6-10(9)16-5-4-12;/h2-3,6H,4-5,12H2,1H3;1H. The Labute approximate surface area is 106 Å². The monoisotopic (exact) mass is 256 g/mol. The smallest absolute Gasteiger partial charge is 0.341 e. The highest BCUT2D eigenvalue weighted by molar-refractivity contribution is 5.92. The van der Waals surface area contributed by atoms with E-state index in [1.54, 1.807) is 0 Å². The molecule has 0 saturated carbocycles. The number of nitrogens with zero attached hydrogens (tertiary/aromatic N) is 1. The Morgan fingerprint density at radius 1 is 1.53 bits per heavy atom. The van der Waals surface area contributed by atoms with Gasteiger partial charge in [0.2, 0.25) is 0 Å². The van der Waals surface area contributed by atoms with Crippen LogP contribution in [0.15, 0.2) is 18.2 Å². The van der Waals surface area contributed by atoms with Crippen LogP contribution in [-0.2, 0) is 4.74 Å². The molecule has 1 rings (SSSR count). The summed E-state index contributed by atoms with van der Waals surface area (Å²) < 4.78 is 9.87. The van der Waals surface area contributed by atoms with Gasteiger partial charge < -0.3 is 15.2 Å². The fourth-order valence-corrected chi connectivity index (χ4v) is 1.16. The molecule has 0 aliphatic rings. The second-order valence-electron chi connectivity index (χ2n) is 2.95. The molecule has 92 valence electrons. The molecule has 2 N–H and O–H groups in total. The molecule has 0 saturated heterocycles. The van der Waals surface area contributed by atoms with Gasteiger partial charge in [-0.15, -0.1) is 12.4 Å². The van der Waals surface area contributed by atoms with E-state index in [-0.39, 0.29) is 24.6 Å². The first-order valence-corrected chi connectivity index (χ1v) is 4.68. The van der Waals surface area contributed by atoms with Crippen LogP contribution in [0.5, 0.6) is 5.75 Å². The lowest BCUT2D eigenvalue weighted by atomic mass is 10.1. The minimum absolute atomic E-state index is 0. The third kappa shape index (κ3) is 3.94. The average Bonchev–Trinajstić information content (AvgIpc) is 2.34. The van der Waals surface area contributed by atoms with E-state index in [0.29, 0.717) is 17.9 Å². The van der Waals surface area contributed by atoms with Crippen molar-refractivity contribution in [2.45, 2.75) is 0 Å². The largest absolute Gasteiger partial charge is 0.491 e. The second kappa shape index (κ2) is 7.49. The molecule has 1 aromatic rings. The van der Waals surface area contributed by atoms with Crippen molar-refractivity contribution in [2.75, 3.05) is 20.3 Å². The van der Waals surface area contributed by atoms with Crippen LogP contribution < -0.4 is 10.5 Å². The molecule has 0 heterocycles. The van der Waals surface area contributed by atoms with Crippen molar-refractivity contribution >= 4 is 18.4 Å². The van der Waals surface area contributed by atoms with Crippen LogP contribution in [-0.4, -0.2) is 26.2 Å². The minimum Gasteiger partial charge on any atom is -0.491 e. The molecule has 0 amide bonds. The predicted octanol–water partition coefficient (Wildman–Crippen LogP) is 1.10. The van der Waals surface area contributed by atoms with Gasteiger partial charge in [0, 0.05) is 6.54 Å². The third-order valence-electron chi connectivity index (χ3n) is 1.89. The molecule has 0 spiro atoms. The molecule has 6 heteroatoms. The predicted molar refractivity (Wildman–Crippen MR) is 64.3 cm³/mol. The zero-order chi connectivity index (χ0) is 12.0. The van der Waals surface area contributed by atoms with Crippen molar-refractivity contribution < 1.29 is 14.3 Å². The van der Waals surface area contributed by atoms with Crippen molar-refractivity contribution in [2.24, 2.45) is 5.73 Å². The molecular formula is C11H13ClN2O3. The first-order chi connectivity index (χ1) is 7.72. The summed E-state index contributed by atoms with van der Waals surface area (Å²) in [7, 11) is 1.28. The van der Waals surface area contributed by atoms with Gasteiger partial charge in [-0.2, -0.15) is 5.26 Å². The van der Waals surface area contributed by atoms with Gasteiger partial charge in [0.25, 0.3) is 0 Å². The molecule has 17 heavy (non-hydrogen) atoms. The highest BCUT2D eigenvalue weighted by Crippen LogP contribution is 2.21. The van der Waals surface area contributed by atoms with E-state index in [1.807, 2.05) is 6.07 Å². The number of hydrogen-bond acceptors (Lipinski definition) is 5. The third-order valence-corrected chi connectivity index (χ3v) is 1.89. The van der Waals surface area contributed by atoms with Crippen LogP contribution in [0.3, 0.4) is 0 Å². The van der Waals surface area contributed by atoms with Crippen molar-refractivity contribution in [1.29, 1.82) is 5.26 Å². The summed E-state index contributed by atoms with van der Waals surface area (Å²) in [6.45, 7) is 0.607. The molecule has 1 aromatic carbocycles. The van der Waals surface area contributed by atoms with E-state index in [9.17, 15) is 4.79 Å². The Morgan fingerprint density at radius 2 is 2.24 bits per heavy atom. The van der Waals surface area contributed by atoms with Crippen molar-refractivity contribution in [3.8, 4) is 11.8 Å². The number of carbonyl (C=O) groups is 1. The summed E-state index contributed by atoms with van der Waals surface area (Å²) in [5.74, 6) is -0.187. The number of hydrogen-bond donors (Lipinski definition) is 1. The zero-order valence-electron chi connectivity index (χ0n) is 9.30. The number of carbonyl (C=O) groups excluding carboxylic acids is 1. The molecule has 0 bridgehead atoms. The van der Waals surface area contributed by atoms with Crippen LogP contribution in [0, 0.1) is 11.3 Å². The molecule has 0 unspecified atom stereocenters. The quantitative estimate of drug-likeness (QED) is 0.816. The molecule has 0 aliphatic carbocycles. The zero-order valence-corrected chi connectivity index (χ0v) is 10.1. The molecule has 0 radical (unpaired) electrons. The Bertz CT molecular complexity index is 429. The number of benzene rings is 1. The van der Waals surface area contributed by atoms with Gasteiger partial charge in [-0.25, -0.2) is 4.79 Å². The van der Waals surface area contributed by atoms with Gasteiger partial charge in [0.15, 0.2) is 0 Å². The number of rotatable bonds is 4. The number of nitriles is 1. The van der Waals surface area contributed by atoms with Gasteiger partial charge in [0.1, 0.15) is 17.9 Å². The summed E-state index contributed by atoms with van der Waals surface area (Å²) >= 11 is 0. The Kier molecular flexibility index (Phi) is 6.71. The maximum Gasteiger partial charge on any atom is 0.341 e. The summed E-state index contributed by atoms with van der Waals surface area (Å²) in [5.41, 5.74) is 6.00. The van der Waals surface area contributed by atoms with Gasteiger partial charge in [-0.1, -0.05) is 0 Å². The number of esters is 1. The Balaban J connectivity index is 0.00000256. The van der Waals surface area contributed by atoms with E-state index in [4.69, 9.17) is 15.7 Å². The first-order valence-electron chi connectivity index (χ1n) is 4.68. The Morgan fingerprint density at radius 3 is 2.76 bits per heavy atom. The molecular weight excluding hydrogens is 244 g/mol. The van der Waals surface area contributed by atoms with E-state index in [0.717, 1.165) is 0 Å². The lowest BCUT2D eigenvalue weighted by Gasteiger charge is -2.09. The lowest BCUT2D eigenvalue weighted by molar-refractivity contribution is 0.0596. The number of methoxy groups -OCH3 is 1. The molecule has 5 nitrogen and oxygen atoms in total. The van der Waals surface area contributed by atoms with Gasteiger partial charge in [-0.05, 0) is 18.2 Å². The fraction of sp³-hybridized carbons (Fsp3) is 0.273. The van der Waals surface area contributed by atoms with Crippen LogP contribution in [0.1, 0.15) is 15.9 Å². The molecule has 0 aromatic heterocycles. The summed E-state index contributed by atoms with van der Waals surface area (Å²) in [6.07, 6.45) is 0. The average molecular weight is 257 g/mol. The summed E-state index contributed by atoms with van der Waals surface area (Å²) in [5, 5.41) is 8.73. The molecule has 0 atom stereocenters. The van der Waals surface area contributed by atoms with Gasteiger partial charge in [0.05, 0.1) is 18.7 Å². The first kappa shape index (κ1) is 15.2. The van der Waals surface area contributed by atoms with Crippen LogP contribution in [0.25, 0.3) is 0 Å². The van der Waals surface area contributed by atoms with E-state index < -0.39 is 5.97 Å². The van der Waals surface area contributed by atoms with Crippen molar-refractivity contribution in [3.63, 3.8) is 0 Å². The van der Waals surface area contributed by atoms with Crippen LogP contribution >= 0.6 is 12.4 Å². The van der Waals surface area contributed by atoms with Crippen molar-refractivity contribution in [1.82, 2.24) is 0 Å². The number of nitrogens with two attached hydrogens (primary N) is 1. The summed E-state index contributed by atoms with van der Waals surface area (Å²) in [4.78, 5) is 11.4. The Hall–Kier alpha value is -1.77. The maximum absolute atomic E-state index is 11.4. The van der Waals surface area contributed by atoms with Gasteiger partial charge in [-0.3, -0.25) is 0 Å². The molecule has 0 fully saturated rings. The van der Waals surface area contributed by atoms with Crippen LogP contribution in [0.4, 0.5) is 0 Å². The lowest BCUT2D eigenvalue weighted by Crippen LogP contribution is -2.13. The second-order valence-corrected chi connectivity index (χ2v) is 2.95. The van der Waals surface area contributed by atoms with Crippen molar-refractivity contribution in [3.05, 3.63) is 29.3 Å². The number of ether oxygens (including phenoxy) is 2. The normalized spacial score (nSPS) is 8.76. The highest BCUT2D eigenvalue weighted by atomic mass is 35.5. The van der Waals surface area contributed by atoms with E-state index in [2.05, 4.69) is 4.74 Å². The fourth-order valence-electron chi connectivity index (χ4n) is 1.16. The van der Waals surface area contributed by atoms with Crippen LogP contribution in [0.2, 0.25) is 0 Å². The maximum atomic E-state index is 11.4. The molecule has 0 aliphatic heterocycles. The van der Waals surface area contributed by atoms with E-state index >= 15 is 0 Å². The SMILES string of the molecule is COC(=O)c1ccc(C#N)cc1OCCN.Cl. The van der Waals surface area contributed by atoms with Gasteiger partial charge >= 0.3 is 5.97 Å². The summed E-state index contributed by atoms with van der Waals surface area (Å²) in [6, 6.07) is 6.48. The van der Waals surface area contributed by atoms with E-state index in [1.165, 1.54) is 25.3 Å². The highest BCUT2D eigenvalue weighted by Gasteiger charge is 2.13.